The number of carbonyl (C=O) groups is 1. The van der Waals surface area contributed by atoms with Gasteiger partial charge in [0.2, 0.25) is 5.60 Å². The van der Waals surface area contributed by atoms with Crippen molar-refractivity contribution >= 4 is 23.3 Å². The molecule has 2 rings (SSSR count). The van der Waals surface area contributed by atoms with E-state index < -0.39 is 11.6 Å². The number of rotatable bonds is 2. The number of oxime groups is 1. The first-order chi connectivity index (χ1) is 8.07. The number of hydrogen-bond donors (Lipinski definition) is 0. The third kappa shape index (κ3) is 2.13. The van der Waals surface area contributed by atoms with Crippen LogP contribution in [0.15, 0.2) is 29.4 Å². The molecule has 0 aliphatic carbocycles. The number of benzene rings is 1. The molecule has 0 amide bonds. The van der Waals surface area contributed by atoms with Crippen molar-refractivity contribution in [1.82, 2.24) is 0 Å². The van der Waals surface area contributed by atoms with E-state index in [9.17, 15) is 4.79 Å². The number of hydrogen-bond acceptors (Lipinski definition) is 4. The Morgan fingerprint density at radius 2 is 2.24 bits per heavy atom. The molecular weight excluding hydrogens is 242 g/mol. The van der Waals surface area contributed by atoms with Crippen LogP contribution in [0.5, 0.6) is 0 Å². The molecule has 0 spiro atoms. The van der Waals surface area contributed by atoms with Gasteiger partial charge in [-0.2, -0.15) is 0 Å². The van der Waals surface area contributed by atoms with Gasteiger partial charge in [0.25, 0.3) is 0 Å². The Hall–Kier alpha value is -1.55. The quantitative estimate of drug-likeness (QED) is 0.761. The molecule has 0 radical (unpaired) electrons. The van der Waals surface area contributed by atoms with Crippen LogP contribution < -0.4 is 0 Å². The van der Waals surface area contributed by atoms with Crippen molar-refractivity contribution in [2.24, 2.45) is 5.16 Å². The van der Waals surface area contributed by atoms with E-state index >= 15 is 0 Å². The van der Waals surface area contributed by atoms with E-state index in [1.165, 1.54) is 7.11 Å². The van der Waals surface area contributed by atoms with Gasteiger partial charge in [-0.25, -0.2) is 4.79 Å². The molecule has 5 heteroatoms. The van der Waals surface area contributed by atoms with Crippen LogP contribution in [0, 0.1) is 0 Å². The van der Waals surface area contributed by atoms with Crippen LogP contribution in [0.4, 0.5) is 0 Å². The van der Waals surface area contributed by atoms with Gasteiger partial charge in [0.1, 0.15) is 0 Å². The lowest BCUT2D eigenvalue weighted by Gasteiger charge is -2.17. The minimum atomic E-state index is -1.05. The number of ether oxygens (including phenoxy) is 1. The SMILES string of the molecule is COC(=O)[C@@]1(C)CC(c2ccccc2Cl)=NO1. The molecule has 0 aromatic heterocycles. The van der Waals surface area contributed by atoms with Crippen LogP contribution in [0.1, 0.15) is 18.9 Å². The highest BCUT2D eigenvalue weighted by atomic mass is 35.5. The molecule has 0 saturated carbocycles. The molecular formula is C12H12ClNO3. The predicted molar refractivity (Wildman–Crippen MR) is 64.1 cm³/mol. The minimum Gasteiger partial charge on any atom is -0.466 e. The fourth-order valence-electron chi connectivity index (χ4n) is 1.70. The van der Waals surface area contributed by atoms with Crippen molar-refractivity contribution in [1.29, 1.82) is 0 Å². The second-order valence-corrected chi connectivity index (χ2v) is 4.42. The molecule has 1 aromatic carbocycles. The largest absolute Gasteiger partial charge is 0.466 e. The Labute approximate surface area is 104 Å². The molecule has 4 nitrogen and oxygen atoms in total. The van der Waals surface area contributed by atoms with E-state index in [2.05, 4.69) is 9.89 Å². The summed E-state index contributed by atoms with van der Waals surface area (Å²) in [6.07, 6.45) is 0.351. The van der Waals surface area contributed by atoms with Gasteiger partial charge >= 0.3 is 5.97 Å². The molecule has 0 fully saturated rings. The molecule has 1 aromatic rings. The standard InChI is InChI=1S/C12H12ClNO3/c1-12(11(15)16-2)7-10(14-17-12)8-5-3-4-6-9(8)13/h3-6H,7H2,1-2H3/t12-/m1/s1. The summed E-state index contributed by atoms with van der Waals surface area (Å²) in [6.45, 7) is 1.65. The maximum atomic E-state index is 11.5. The Morgan fingerprint density at radius 3 is 2.88 bits per heavy atom. The van der Waals surface area contributed by atoms with Gasteiger partial charge < -0.3 is 9.57 Å². The highest BCUT2D eigenvalue weighted by molar-refractivity contribution is 6.34. The molecule has 0 saturated heterocycles. The van der Waals surface area contributed by atoms with Gasteiger partial charge in [-0.15, -0.1) is 0 Å². The fourth-order valence-corrected chi connectivity index (χ4v) is 1.95. The van der Waals surface area contributed by atoms with Crippen molar-refractivity contribution in [3.05, 3.63) is 34.9 Å². The van der Waals surface area contributed by atoms with Crippen LogP contribution in [0.25, 0.3) is 0 Å². The summed E-state index contributed by atoms with van der Waals surface area (Å²) in [5, 5.41) is 4.51. The first kappa shape index (κ1) is 11.9. The Kier molecular flexibility index (Phi) is 3.07. The molecule has 1 atom stereocenters. The van der Waals surface area contributed by atoms with E-state index in [4.69, 9.17) is 16.4 Å². The van der Waals surface area contributed by atoms with E-state index in [-0.39, 0.29) is 0 Å². The molecule has 0 unspecified atom stereocenters. The average Bonchev–Trinajstić information content (AvgIpc) is 2.72. The highest BCUT2D eigenvalue weighted by Crippen LogP contribution is 2.30. The Balaban J connectivity index is 2.23. The van der Waals surface area contributed by atoms with Crippen molar-refractivity contribution in [2.75, 3.05) is 7.11 Å². The molecule has 0 bridgehead atoms. The minimum absolute atomic E-state index is 0.351. The Bertz CT molecular complexity index is 486. The van der Waals surface area contributed by atoms with E-state index in [0.29, 0.717) is 17.2 Å². The molecule has 90 valence electrons. The third-order valence-corrected chi connectivity index (χ3v) is 2.99. The second kappa shape index (κ2) is 4.37. The highest BCUT2D eigenvalue weighted by Gasteiger charge is 2.43. The zero-order valence-electron chi connectivity index (χ0n) is 9.57. The average molecular weight is 254 g/mol. The summed E-state index contributed by atoms with van der Waals surface area (Å²) >= 11 is 6.06. The summed E-state index contributed by atoms with van der Waals surface area (Å²) in [5.41, 5.74) is 0.383. The van der Waals surface area contributed by atoms with Gasteiger partial charge in [-0.05, 0) is 13.0 Å². The zero-order chi connectivity index (χ0) is 12.5. The molecule has 1 heterocycles. The smallest absolute Gasteiger partial charge is 0.353 e. The summed E-state index contributed by atoms with van der Waals surface area (Å²) in [6, 6.07) is 7.31. The first-order valence-electron chi connectivity index (χ1n) is 5.15. The van der Waals surface area contributed by atoms with Crippen molar-refractivity contribution in [3.8, 4) is 0 Å². The number of esters is 1. The molecule has 1 aliphatic heterocycles. The van der Waals surface area contributed by atoms with Crippen molar-refractivity contribution in [3.63, 3.8) is 0 Å². The number of carbonyl (C=O) groups excluding carboxylic acids is 1. The fraction of sp³-hybridized carbons (Fsp3) is 0.333. The maximum Gasteiger partial charge on any atom is 0.353 e. The normalized spacial score (nSPS) is 22.9. The number of methoxy groups -OCH3 is 1. The van der Waals surface area contributed by atoms with Crippen molar-refractivity contribution in [2.45, 2.75) is 18.9 Å². The lowest BCUT2D eigenvalue weighted by molar-refractivity contribution is -0.164. The maximum absolute atomic E-state index is 11.5. The lowest BCUT2D eigenvalue weighted by Crippen LogP contribution is -2.36. The van der Waals surface area contributed by atoms with Crippen molar-refractivity contribution < 1.29 is 14.4 Å². The van der Waals surface area contributed by atoms with Gasteiger partial charge in [-0.1, -0.05) is 35.0 Å². The summed E-state index contributed by atoms with van der Waals surface area (Å²) < 4.78 is 4.68. The monoisotopic (exact) mass is 253 g/mol. The van der Waals surface area contributed by atoms with E-state index in [1.54, 1.807) is 13.0 Å². The summed E-state index contributed by atoms with van der Waals surface area (Å²) in [5.74, 6) is -0.441. The summed E-state index contributed by atoms with van der Waals surface area (Å²) in [7, 11) is 1.32. The van der Waals surface area contributed by atoms with Crippen LogP contribution in [0.2, 0.25) is 5.02 Å². The van der Waals surface area contributed by atoms with Crippen LogP contribution in [-0.4, -0.2) is 24.4 Å². The van der Waals surface area contributed by atoms with E-state index in [1.807, 2.05) is 18.2 Å². The summed E-state index contributed by atoms with van der Waals surface area (Å²) in [4.78, 5) is 16.7. The van der Waals surface area contributed by atoms with Crippen LogP contribution >= 0.6 is 11.6 Å². The third-order valence-electron chi connectivity index (χ3n) is 2.66. The molecule has 17 heavy (non-hydrogen) atoms. The van der Waals surface area contributed by atoms with Crippen LogP contribution in [-0.2, 0) is 14.4 Å². The number of nitrogens with zero attached hydrogens (tertiary/aromatic N) is 1. The number of halogens is 1. The van der Waals surface area contributed by atoms with Gasteiger partial charge in [0.15, 0.2) is 0 Å². The topological polar surface area (TPSA) is 47.9 Å². The van der Waals surface area contributed by atoms with E-state index in [0.717, 1.165) is 5.56 Å². The molecule has 0 N–H and O–H groups in total. The van der Waals surface area contributed by atoms with Gasteiger partial charge in [0.05, 0.1) is 12.8 Å². The predicted octanol–water partition coefficient (Wildman–Crippen LogP) is 2.40. The van der Waals surface area contributed by atoms with Gasteiger partial charge in [0, 0.05) is 17.0 Å². The first-order valence-corrected chi connectivity index (χ1v) is 5.53. The Morgan fingerprint density at radius 1 is 1.53 bits per heavy atom. The zero-order valence-corrected chi connectivity index (χ0v) is 10.3. The second-order valence-electron chi connectivity index (χ2n) is 4.01. The van der Waals surface area contributed by atoms with Crippen LogP contribution in [0.3, 0.4) is 0 Å². The lowest BCUT2D eigenvalue weighted by atomic mass is 9.96. The molecule has 1 aliphatic rings. The van der Waals surface area contributed by atoms with Gasteiger partial charge in [-0.3, -0.25) is 0 Å².